The summed E-state index contributed by atoms with van der Waals surface area (Å²) in [5.41, 5.74) is 1.54. The quantitative estimate of drug-likeness (QED) is 0.244. The second-order valence-corrected chi connectivity index (χ2v) is 7.56. The summed E-state index contributed by atoms with van der Waals surface area (Å²) >= 11 is 11.5. The molecule has 31 heavy (non-hydrogen) atoms. The summed E-state index contributed by atoms with van der Waals surface area (Å²) in [7, 11) is 0. The van der Waals surface area contributed by atoms with Gasteiger partial charge in [-0.25, -0.2) is 4.39 Å². The van der Waals surface area contributed by atoms with Crippen molar-refractivity contribution in [1.29, 1.82) is 0 Å². The SMILES string of the molecule is Oc1cccc(O)c1-c1ccc(Cl)cc1F.Oc1cccc2oc3cc(Cl)ccc3c12. The fraction of sp³-hybridized carbons (Fsp3) is 0. The molecular weight excluding hydrogens is 442 g/mol. The van der Waals surface area contributed by atoms with Crippen molar-refractivity contribution < 1.29 is 24.1 Å². The minimum Gasteiger partial charge on any atom is -0.507 e. The molecule has 0 spiro atoms. The van der Waals surface area contributed by atoms with Crippen molar-refractivity contribution in [2.24, 2.45) is 0 Å². The van der Waals surface area contributed by atoms with Gasteiger partial charge < -0.3 is 19.7 Å². The minimum absolute atomic E-state index is 0.0664. The minimum atomic E-state index is -0.593. The van der Waals surface area contributed by atoms with Gasteiger partial charge in [0.25, 0.3) is 0 Å². The Balaban J connectivity index is 0.000000149. The molecule has 4 aromatic carbocycles. The van der Waals surface area contributed by atoms with Gasteiger partial charge in [0.15, 0.2) is 0 Å². The number of phenols is 3. The maximum absolute atomic E-state index is 13.6. The first-order chi connectivity index (χ1) is 14.8. The monoisotopic (exact) mass is 456 g/mol. The third-order valence-electron chi connectivity index (χ3n) is 4.66. The number of halogens is 3. The van der Waals surface area contributed by atoms with Gasteiger partial charge in [-0.3, -0.25) is 0 Å². The van der Waals surface area contributed by atoms with Gasteiger partial charge in [0, 0.05) is 27.1 Å². The number of fused-ring (bicyclic) bond motifs is 3. The van der Waals surface area contributed by atoms with E-state index in [4.69, 9.17) is 27.6 Å². The zero-order valence-electron chi connectivity index (χ0n) is 15.8. The van der Waals surface area contributed by atoms with E-state index in [0.29, 0.717) is 16.2 Å². The fourth-order valence-electron chi connectivity index (χ4n) is 3.28. The summed E-state index contributed by atoms with van der Waals surface area (Å²) in [6.07, 6.45) is 0. The summed E-state index contributed by atoms with van der Waals surface area (Å²) in [5, 5.41) is 31.4. The molecule has 7 heteroatoms. The van der Waals surface area contributed by atoms with Crippen LogP contribution >= 0.6 is 23.2 Å². The number of hydrogen-bond donors (Lipinski definition) is 3. The summed E-state index contributed by atoms with van der Waals surface area (Å²) < 4.78 is 19.2. The van der Waals surface area contributed by atoms with Crippen LogP contribution in [0.2, 0.25) is 10.0 Å². The molecule has 4 nitrogen and oxygen atoms in total. The molecule has 0 radical (unpaired) electrons. The van der Waals surface area contributed by atoms with E-state index < -0.39 is 5.82 Å². The molecule has 5 rings (SSSR count). The molecule has 0 aliphatic heterocycles. The molecule has 0 aliphatic rings. The standard InChI is InChI=1S/C12H8ClFO2.C12H7ClO2/c13-7-4-5-8(9(14)6-7)12-10(15)2-1-3-11(12)16;13-7-4-5-8-11(6-7)15-10-3-1-2-9(14)12(8)10/h1-6,15-16H;1-6,14H. The maximum atomic E-state index is 13.6. The third kappa shape index (κ3) is 4.10. The number of furan rings is 1. The Morgan fingerprint density at radius 2 is 1.29 bits per heavy atom. The van der Waals surface area contributed by atoms with Crippen LogP contribution in [0.25, 0.3) is 33.1 Å². The molecule has 0 bridgehead atoms. The van der Waals surface area contributed by atoms with Crippen LogP contribution in [-0.4, -0.2) is 15.3 Å². The lowest BCUT2D eigenvalue weighted by atomic mass is 10.0. The molecule has 5 aromatic rings. The van der Waals surface area contributed by atoms with Gasteiger partial charge in [-0.2, -0.15) is 0 Å². The van der Waals surface area contributed by atoms with E-state index >= 15 is 0 Å². The molecule has 0 fully saturated rings. The smallest absolute Gasteiger partial charge is 0.139 e. The van der Waals surface area contributed by atoms with Crippen molar-refractivity contribution in [3.8, 4) is 28.4 Å². The Kier molecular flexibility index (Phi) is 5.63. The normalized spacial score (nSPS) is 10.8. The lowest BCUT2D eigenvalue weighted by Gasteiger charge is -2.08. The highest BCUT2D eigenvalue weighted by atomic mass is 35.5. The summed E-state index contributed by atoms with van der Waals surface area (Å²) in [5.74, 6) is -0.722. The van der Waals surface area contributed by atoms with E-state index in [2.05, 4.69) is 0 Å². The average Bonchev–Trinajstić information content (AvgIpc) is 3.08. The van der Waals surface area contributed by atoms with E-state index in [1.54, 1.807) is 24.3 Å². The molecule has 0 saturated heterocycles. The van der Waals surface area contributed by atoms with Crippen molar-refractivity contribution in [2.75, 3.05) is 0 Å². The second-order valence-electron chi connectivity index (χ2n) is 6.69. The highest BCUT2D eigenvalue weighted by Crippen LogP contribution is 2.39. The van der Waals surface area contributed by atoms with E-state index in [9.17, 15) is 19.7 Å². The second kappa shape index (κ2) is 8.38. The number of rotatable bonds is 1. The predicted molar refractivity (Wildman–Crippen MR) is 121 cm³/mol. The first kappa shape index (κ1) is 20.8. The van der Waals surface area contributed by atoms with Crippen molar-refractivity contribution in [1.82, 2.24) is 0 Å². The Morgan fingerprint density at radius 3 is 2.00 bits per heavy atom. The van der Waals surface area contributed by atoms with Crippen LogP contribution in [-0.2, 0) is 0 Å². The van der Waals surface area contributed by atoms with Gasteiger partial charge in [0.2, 0.25) is 0 Å². The van der Waals surface area contributed by atoms with Crippen LogP contribution in [0, 0.1) is 5.82 Å². The Morgan fingerprint density at radius 1 is 0.677 bits per heavy atom. The fourth-order valence-corrected chi connectivity index (χ4v) is 3.60. The van der Waals surface area contributed by atoms with Crippen LogP contribution in [0.3, 0.4) is 0 Å². The van der Waals surface area contributed by atoms with Gasteiger partial charge >= 0.3 is 0 Å². The first-order valence-corrected chi connectivity index (χ1v) is 9.87. The summed E-state index contributed by atoms with van der Waals surface area (Å²) in [6.45, 7) is 0. The molecule has 1 aromatic heterocycles. The molecular formula is C24H15Cl2FO4. The third-order valence-corrected chi connectivity index (χ3v) is 5.13. The van der Waals surface area contributed by atoms with Crippen molar-refractivity contribution in [2.45, 2.75) is 0 Å². The zero-order chi connectivity index (χ0) is 22.1. The Labute approximate surface area is 186 Å². The number of phenolic OH excluding ortho intramolecular Hbond substituents is 3. The van der Waals surface area contributed by atoms with Crippen molar-refractivity contribution in [3.05, 3.63) is 88.7 Å². The molecule has 0 atom stereocenters. The van der Waals surface area contributed by atoms with Gasteiger partial charge in [-0.1, -0.05) is 35.3 Å². The number of aromatic hydroxyl groups is 3. The molecule has 3 N–H and O–H groups in total. The average molecular weight is 457 g/mol. The van der Waals surface area contributed by atoms with Crippen LogP contribution < -0.4 is 0 Å². The van der Waals surface area contributed by atoms with E-state index in [1.165, 1.54) is 30.3 Å². The molecule has 0 amide bonds. The Bertz CT molecular complexity index is 1390. The maximum Gasteiger partial charge on any atom is 0.139 e. The van der Waals surface area contributed by atoms with Crippen LogP contribution in [0.4, 0.5) is 4.39 Å². The molecule has 0 unspecified atom stereocenters. The van der Waals surface area contributed by atoms with Crippen molar-refractivity contribution >= 4 is 45.1 Å². The first-order valence-electron chi connectivity index (χ1n) is 9.11. The van der Waals surface area contributed by atoms with E-state index in [-0.39, 0.29) is 33.4 Å². The number of hydrogen-bond acceptors (Lipinski definition) is 4. The van der Waals surface area contributed by atoms with E-state index in [0.717, 1.165) is 16.8 Å². The van der Waals surface area contributed by atoms with Crippen LogP contribution in [0.5, 0.6) is 17.2 Å². The number of benzene rings is 4. The van der Waals surface area contributed by atoms with Crippen LogP contribution in [0.15, 0.2) is 77.2 Å². The van der Waals surface area contributed by atoms with Gasteiger partial charge in [0.1, 0.15) is 34.2 Å². The molecule has 0 aliphatic carbocycles. The largest absolute Gasteiger partial charge is 0.507 e. The highest BCUT2D eigenvalue weighted by molar-refractivity contribution is 6.31. The van der Waals surface area contributed by atoms with Crippen LogP contribution in [0.1, 0.15) is 0 Å². The summed E-state index contributed by atoms with van der Waals surface area (Å²) in [6, 6.07) is 18.9. The Hall–Kier alpha value is -3.41. The van der Waals surface area contributed by atoms with Gasteiger partial charge in [-0.15, -0.1) is 0 Å². The van der Waals surface area contributed by atoms with Gasteiger partial charge in [-0.05, 0) is 54.6 Å². The lowest BCUT2D eigenvalue weighted by Crippen LogP contribution is -1.86. The lowest BCUT2D eigenvalue weighted by molar-refractivity contribution is 0.453. The topological polar surface area (TPSA) is 73.8 Å². The van der Waals surface area contributed by atoms with Gasteiger partial charge in [0.05, 0.1) is 10.9 Å². The summed E-state index contributed by atoms with van der Waals surface area (Å²) in [4.78, 5) is 0. The highest BCUT2D eigenvalue weighted by Gasteiger charge is 2.14. The van der Waals surface area contributed by atoms with E-state index in [1.807, 2.05) is 12.1 Å². The molecule has 156 valence electrons. The molecule has 1 heterocycles. The predicted octanol–water partition coefficient (Wildman–Crippen LogP) is 7.50. The zero-order valence-corrected chi connectivity index (χ0v) is 17.3. The molecule has 0 saturated carbocycles. The van der Waals surface area contributed by atoms with Crippen molar-refractivity contribution in [3.63, 3.8) is 0 Å².